The highest BCUT2D eigenvalue weighted by molar-refractivity contribution is 5.76. The highest BCUT2D eigenvalue weighted by Crippen LogP contribution is 2.48. The van der Waals surface area contributed by atoms with Gasteiger partial charge in [0.05, 0.1) is 5.92 Å². The van der Waals surface area contributed by atoms with Crippen molar-refractivity contribution < 1.29 is 14.6 Å². The van der Waals surface area contributed by atoms with Gasteiger partial charge in [-0.2, -0.15) is 0 Å². The highest BCUT2D eigenvalue weighted by Gasteiger charge is 2.46. The third-order valence-electron chi connectivity index (χ3n) is 3.84. The van der Waals surface area contributed by atoms with Crippen LogP contribution >= 0.6 is 0 Å². The van der Waals surface area contributed by atoms with Gasteiger partial charge in [0.25, 0.3) is 0 Å². The lowest BCUT2D eigenvalue weighted by atomic mass is 10.1. The number of esters is 1. The minimum absolute atomic E-state index is 0.0167. The predicted molar refractivity (Wildman–Crippen MR) is 65.4 cm³/mol. The van der Waals surface area contributed by atoms with Crippen molar-refractivity contribution >= 4 is 5.97 Å². The van der Waals surface area contributed by atoms with Gasteiger partial charge in [-0.15, -0.1) is 0 Å². The van der Waals surface area contributed by atoms with Gasteiger partial charge in [0.2, 0.25) is 0 Å². The van der Waals surface area contributed by atoms with Crippen molar-refractivity contribution in [3.8, 4) is 0 Å². The number of aliphatic hydroxyl groups is 1. The molecule has 0 amide bonds. The summed E-state index contributed by atoms with van der Waals surface area (Å²) in [5, 5.41) is 8.95. The van der Waals surface area contributed by atoms with Crippen molar-refractivity contribution in [3.05, 3.63) is 0 Å². The molecule has 0 aromatic carbocycles. The molecule has 0 aromatic rings. The summed E-state index contributed by atoms with van der Waals surface area (Å²) in [6.07, 6.45) is 4.49. The largest absolute Gasteiger partial charge is 0.460 e. The van der Waals surface area contributed by atoms with E-state index in [0.29, 0.717) is 18.4 Å². The van der Waals surface area contributed by atoms with E-state index in [1.54, 1.807) is 0 Å². The highest BCUT2D eigenvalue weighted by atomic mass is 16.6. The van der Waals surface area contributed by atoms with E-state index in [1.807, 2.05) is 20.8 Å². The first-order valence-electron chi connectivity index (χ1n) is 6.74. The maximum absolute atomic E-state index is 11.7. The lowest BCUT2D eigenvalue weighted by molar-refractivity contribution is -0.156. The molecule has 17 heavy (non-hydrogen) atoms. The molecule has 2 unspecified atom stereocenters. The summed E-state index contributed by atoms with van der Waals surface area (Å²) in [6, 6.07) is 0. The molecule has 0 bridgehead atoms. The molecule has 0 aliphatic heterocycles. The lowest BCUT2D eigenvalue weighted by Gasteiger charge is -2.19. The van der Waals surface area contributed by atoms with Crippen LogP contribution in [-0.2, 0) is 9.53 Å². The fraction of sp³-hybridized carbons (Fsp3) is 0.929. The van der Waals surface area contributed by atoms with Gasteiger partial charge < -0.3 is 9.84 Å². The summed E-state index contributed by atoms with van der Waals surface area (Å²) >= 11 is 0. The average Bonchev–Trinajstić information content (AvgIpc) is 3.08. The molecule has 0 aromatic heterocycles. The van der Waals surface area contributed by atoms with E-state index in [4.69, 9.17) is 9.84 Å². The Kier molecular flexibility index (Phi) is 3.48. The smallest absolute Gasteiger partial charge is 0.309 e. The van der Waals surface area contributed by atoms with Crippen molar-refractivity contribution in [2.24, 2.45) is 23.7 Å². The van der Waals surface area contributed by atoms with Crippen LogP contribution < -0.4 is 0 Å². The number of rotatable bonds is 5. The molecule has 3 nitrogen and oxygen atoms in total. The first-order valence-corrected chi connectivity index (χ1v) is 6.74. The van der Waals surface area contributed by atoms with E-state index in [9.17, 15) is 4.79 Å². The SMILES string of the molecule is CC(C)(C)OC(=O)C1CC1CC[C@@H]1C[C@@H]1CO. The van der Waals surface area contributed by atoms with E-state index >= 15 is 0 Å². The molecule has 0 saturated heterocycles. The number of hydrogen-bond donors (Lipinski definition) is 1. The Morgan fingerprint density at radius 1 is 1.18 bits per heavy atom. The third-order valence-corrected chi connectivity index (χ3v) is 3.84. The number of carbonyl (C=O) groups is 1. The quantitative estimate of drug-likeness (QED) is 0.750. The maximum Gasteiger partial charge on any atom is 0.309 e. The number of hydrogen-bond acceptors (Lipinski definition) is 3. The Morgan fingerprint density at radius 3 is 2.35 bits per heavy atom. The summed E-state index contributed by atoms with van der Waals surface area (Å²) < 4.78 is 5.38. The molecule has 2 fully saturated rings. The van der Waals surface area contributed by atoms with Crippen molar-refractivity contribution in [3.63, 3.8) is 0 Å². The van der Waals surface area contributed by atoms with E-state index in [2.05, 4.69) is 0 Å². The van der Waals surface area contributed by atoms with E-state index in [-0.39, 0.29) is 17.5 Å². The van der Waals surface area contributed by atoms with Gasteiger partial charge in [0.15, 0.2) is 0 Å². The van der Waals surface area contributed by atoms with Gasteiger partial charge in [-0.05, 0) is 64.2 Å². The zero-order valence-electron chi connectivity index (χ0n) is 11.1. The molecular formula is C14H24O3. The molecule has 98 valence electrons. The molecular weight excluding hydrogens is 216 g/mol. The summed E-state index contributed by atoms with van der Waals surface area (Å²) in [6.45, 7) is 6.08. The number of aliphatic hydroxyl groups excluding tert-OH is 1. The van der Waals surface area contributed by atoms with Crippen LogP contribution in [0.2, 0.25) is 0 Å². The van der Waals surface area contributed by atoms with Gasteiger partial charge in [-0.25, -0.2) is 0 Å². The Hall–Kier alpha value is -0.570. The zero-order chi connectivity index (χ0) is 12.6. The van der Waals surface area contributed by atoms with Crippen LogP contribution in [0.4, 0.5) is 0 Å². The average molecular weight is 240 g/mol. The maximum atomic E-state index is 11.7. The molecule has 2 aliphatic rings. The minimum Gasteiger partial charge on any atom is -0.460 e. The summed E-state index contributed by atoms with van der Waals surface area (Å²) in [5.74, 6) is 1.95. The topological polar surface area (TPSA) is 46.5 Å². The molecule has 4 atom stereocenters. The monoisotopic (exact) mass is 240 g/mol. The minimum atomic E-state index is -0.358. The van der Waals surface area contributed by atoms with Crippen LogP contribution in [0.15, 0.2) is 0 Å². The Balaban J connectivity index is 1.62. The van der Waals surface area contributed by atoms with Crippen LogP contribution in [0.5, 0.6) is 0 Å². The third kappa shape index (κ3) is 3.70. The summed E-state index contributed by atoms with van der Waals surface area (Å²) in [4.78, 5) is 11.7. The second-order valence-electron chi connectivity index (χ2n) is 6.65. The van der Waals surface area contributed by atoms with Gasteiger partial charge >= 0.3 is 5.97 Å². The van der Waals surface area contributed by atoms with Crippen LogP contribution in [-0.4, -0.2) is 23.3 Å². The second-order valence-corrected chi connectivity index (χ2v) is 6.65. The van der Waals surface area contributed by atoms with E-state index in [1.165, 1.54) is 12.8 Å². The standard InChI is InChI=1S/C14H24O3/c1-14(2,3)17-13(16)12-7-10(12)5-4-9-6-11(9)8-15/h9-12,15H,4-8H2,1-3H3/t9-,10?,11-,12?/m1/s1. The Bertz CT molecular complexity index is 292. The number of carbonyl (C=O) groups excluding carboxylic acids is 1. The molecule has 2 rings (SSSR count). The molecule has 2 saturated carbocycles. The molecule has 2 aliphatic carbocycles. The summed E-state index contributed by atoms with van der Waals surface area (Å²) in [5.41, 5.74) is -0.358. The number of ether oxygens (including phenoxy) is 1. The first-order chi connectivity index (χ1) is 7.90. The van der Waals surface area contributed by atoms with Crippen LogP contribution in [0, 0.1) is 23.7 Å². The van der Waals surface area contributed by atoms with Crippen molar-refractivity contribution in [1.29, 1.82) is 0 Å². The molecule has 3 heteroatoms. The molecule has 0 heterocycles. The summed E-state index contributed by atoms with van der Waals surface area (Å²) in [7, 11) is 0. The van der Waals surface area contributed by atoms with Crippen molar-refractivity contribution in [1.82, 2.24) is 0 Å². The van der Waals surface area contributed by atoms with Crippen LogP contribution in [0.25, 0.3) is 0 Å². The Morgan fingerprint density at radius 2 is 1.82 bits per heavy atom. The first kappa shape index (κ1) is 12.9. The van der Waals surface area contributed by atoms with Crippen molar-refractivity contribution in [2.75, 3.05) is 6.61 Å². The van der Waals surface area contributed by atoms with Gasteiger partial charge in [0.1, 0.15) is 5.60 Å². The van der Waals surface area contributed by atoms with Gasteiger partial charge in [-0.1, -0.05) is 0 Å². The van der Waals surface area contributed by atoms with Crippen molar-refractivity contribution in [2.45, 2.75) is 52.1 Å². The predicted octanol–water partition coefficient (Wildman–Crippen LogP) is 2.37. The van der Waals surface area contributed by atoms with E-state index in [0.717, 1.165) is 18.8 Å². The van der Waals surface area contributed by atoms with Crippen LogP contribution in [0.1, 0.15) is 46.5 Å². The molecule has 0 radical (unpaired) electrons. The molecule has 0 spiro atoms. The fourth-order valence-electron chi connectivity index (χ4n) is 2.55. The normalized spacial score (nSPS) is 35.5. The fourth-order valence-corrected chi connectivity index (χ4v) is 2.55. The van der Waals surface area contributed by atoms with E-state index < -0.39 is 0 Å². The lowest BCUT2D eigenvalue weighted by Crippen LogP contribution is -2.25. The molecule has 1 N–H and O–H groups in total. The zero-order valence-corrected chi connectivity index (χ0v) is 11.1. The Labute approximate surface area is 104 Å². The van der Waals surface area contributed by atoms with Gasteiger partial charge in [0, 0.05) is 6.61 Å². The van der Waals surface area contributed by atoms with Crippen LogP contribution in [0.3, 0.4) is 0 Å². The van der Waals surface area contributed by atoms with Gasteiger partial charge in [-0.3, -0.25) is 4.79 Å². The second kappa shape index (κ2) is 4.60.